The first kappa shape index (κ1) is 16.1. The van der Waals surface area contributed by atoms with Crippen LogP contribution in [0.4, 0.5) is 4.39 Å². The van der Waals surface area contributed by atoms with Crippen molar-refractivity contribution in [2.24, 2.45) is 0 Å². The highest BCUT2D eigenvalue weighted by atomic mass is 79.9. The molecule has 0 bridgehead atoms. The third kappa shape index (κ3) is 4.11. The Bertz CT molecular complexity index is 628. The van der Waals surface area contributed by atoms with Gasteiger partial charge in [-0.1, -0.05) is 35.0 Å². The van der Waals surface area contributed by atoms with Gasteiger partial charge < -0.3 is 5.32 Å². The lowest BCUT2D eigenvalue weighted by Crippen LogP contribution is -2.24. The fourth-order valence-corrected chi connectivity index (χ4v) is 3.02. The Hall–Kier alpha value is -1.26. The SMILES string of the molecule is CCNC(Cc1ccc(F)cc1Br)c1ccc(C)nc1C. The van der Waals surface area contributed by atoms with E-state index < -0.39 is 0 Å². The van der Waals surface area contributed by atoms with Crippen LogP contribution < -0.4 is 5.32 Å². The van der Waals surface area contributed by atoms with Gasteiger partial charge in [-0.15, -0.1) is 0 Å². The van der Waals surface area contributed by atoms with E-state index in [-0.39, 0.29) is 11.9 Å². The van der Waals surface area contributed by atoms with Gasteiger partial charge in [0.05, 0.1) is 0 Å². The number of halogens is 2. The molecule has 1 heterocycles. The maximum atomic E-state index is 13.2. The Balaban J connectivity index is 2.30. The molecule has 0 aliphatic heterocycles. The standard InChI is InChI=1S/C17H20BrFN2/c1-4-20-17(15-8-5-11(2)21-12(15)3)9-13-6-7-14(19)10-16(13)18/h5-8,10,17,20H,4,9H2,1-3H3. The van der Waals surface area contributed by atoms with Gasteiger partial charge in [-0.3, -0.25) is 4.98 Å². The first-order chi connectivity index (χ1) is 10.0. The van der Waals surface area contributed by atoms with Crippen LogP contribution in [0.25, 0.3) is 0 Å². The van der Waals surface area contributed by atoms with Crippen molar-refractivity contribution in [3.63, 3.8) is 0 Å². The Kier molecular flexibility index (Phi) is 5.48. The van der Waals surface area contributed by atoms with Crippen molar-refractivity contribution in [2.75, 3.05) is 6.54 Å². The Morgan fingerprint density at radius 2 is 2.00 bits per heavy atom. The van der Waals surface area contributed by atoms with Gasteiger partial charge in [0.25, 0.3) is 0 Å². The summed E-state index contributed by atoms with van der Waals surface area (Å²) in [5, 5.41) is 3.49. The Morgan fingerprint density at radius 1 is 1.24 bits per heavy atom. The number of aromatic nitrogens is 1. The summed E-state index contributed by atoms with van der Waals surface area (Å²) in [7, 11) is 0. The topological polar surface area (TPSA) is 24.9 Å². The van der Waals surface area contributed by atoms with Gasteiger partial charge in [0.1, 0.15) is 5.82 Å². The van der Waals surface area contributed by atoms with E-state index in [4.69, 9.17) is 0 Å². The van der Waals surface area contributed by atoms with Crippen LogP contribution in [0.15, 0.2) is 34.8 Å². The van der Waals surface area contributed by atoms with Crippen LogP contribution in [-0.2, 0) is 6.42 Å². The van der Waals surface area contributed by atoms with Gasteiger partial charge in [0, 0.05) is 21.9 Å². The molecule has 2 rings (SSSR count). The lowest BCUT2D eigenvalue weighted by molar-refractivity contribution is 0.543. The maximum Gasteiger partial charge on any atom is 0.124 e. The number of nitrogens with one attached hydrogen (secondary N) is 1. The smallest absolute Gasteiger partial charge is 0.124 e. The minimum absolute atomic E-state index is 0.171. The molecule has 2 nitrogen and oxygen atoms in total. The summed E-state index contributed by atoms with van der Waals surface area (Å²) >= 11 is 3.45. The van der Waals surface area contributed by atoms with E-state index in [0.29, 0.717) is 0 Å². The summed E-state index contributed by atoms with van der Waals surface area (Å²) in [5.74, 6) is -0.223. The van der Waals surface area contributed by atoms with Crippen LogP contribution in [0.5, 0.6) is 0 Å². The molecule has 0 aliphatic rings. The fourth-order valence-electron chi connectivity index (χ4n) is 2.51. The number of hydrogen-bond donors (Lipinski definition) is 1. The first-order valence-electron chi connectivity index (χ1n) is 7.12. The van der Waals surface area contributed by atoms with Crippen molar-refractivity contribution in [2.45, 2.75) is 33.2 Å². The molecule has 112 valence electrons. The molecule has 0 saturated heterocycles. The summed E-state index contributed by atoms with van der Waals surface area (Å²) in [5.41, 5.74) is 4.34. The van der Waals surface area contributed by atoms with Gasteiger partial charge in [-0.05, 0) is 56.1 Å². The average molecular weight is 351 g/mol. The minimum atomic E-state index is -0.223. The second-order valence-corrected chi connectivity index (χ2v) is 6.03. The minimum Gasteiger partial charge on any atom is -0.310 e. The number of aryl methyl sites for hydroxylation is 2. The van der Waals surface area contributed by atoms with Gasteiger partial charge in [0.15, 0.2) is 0 Å². The van der Waals surface area contributed by atoms with Crippen molar-refractivity contribution in [3.05, 3.63) is 63.1 Å². The zero-order chi connectivity index (χ0) is 15.4. The van der Waals surface area contributed by atoms with Crippen LogP contribution >= 0.6 is 15.9 Å². The summed E-state index contributed by atoms with van der Waals surface area (Å²) in [6.45, 7) is 6.99. The molecule has 0 spiro atoms. The largest absolute Gasteiger partial charge is 0.310 e. The zero-order valence-electron chi connectivity index (χ0n) is 12.6. The van der Waals surface area contributed by atoms with Crippen molar-refractivity contribution >= 4 is 15.9 Å². The summed E-state index contributed by atoms with van der Waals surface area (Å²) in [4.78, 5) is 4.54. The van der Waals surface area contributed by atoms with Crippen molar-refractivity contribution < 1.29 is 4.39 Å². The number of rotatable bonds is 5. The van der Waals surface area contributed by atoms with Crippen LogP contribution in [0.1, 0.15) is 35.5 Å². The summed E-state index contributed by atoms with van der Waals surface area (Å²) in [6.07, 6.45) is 0.792. The fraction of sp³-hybridized carbons (Fsp3) is 0.353. The second kappa shape index (κ2) is 7.14. The third-order valence-corrected chi connectivity index (χ3v) is 4.27. The van der Waals surface area contributed by atoms with E-state index in [2.05, 4.69) is 39.2 Å². The molecule has 0 amide bonds. The van der Waals surface area contributed by atoms with E-state index in [0.717, 1.165) is 34.4 Å². The Labute approximate surface area is 133 Å². The van der Waals surface area contributed by atoms with E-state index in [1.165, 1.54) is 17.7 Å². The predicted molar refractivity (Wildman–Crippen MR) is 87.9 cm³/mol. The van der Waals surface area contributed by atoms with Crippen LogP contribution in [0.3, 0.4) is 0 Å². The highest BCUT2D eigenvalue weighted by molar-refractivity contribution is 9.10. The van der Waals surface area contributed by atoms with Crippen LogP contribution in [0, 0.1) is 19.7 Å². The van der Waals surface area contributed by atoms with Crippen LogP contribution in [0.2, 0.25) is 0 Å². The second-order valence-electron chi connectivity index (χ2n) is 5.18. The highest BCUT2D eigenvalue weighted by Crippen LogP contribution is 2.26. The maximum absolute atomic E-state index is 13.2. The third-order valence-electron chi connectivity index (χ3n) is 3.53. The molecule has 21 heavy (non-hydrogen) atoms. The van der Waals surface area contributed by atoms with Gasteiger partial charge in [-0.25, -0.2) is 4.39 Å². The molecule has 0 aliphatic carbocycles. The first-order valence-corrected chi connectivity index (χ1v) is 7.92. The molecule has 1 aromatic heterocycles. The zero-order valence-corrected chi connectivity index (χ0v) is 14.2. The lowest BCUT2D eigenvalue weighted by atomic mass is 9.97. The molecule has 1 N–H and O–H groups in total. The molecular formula is C17H20BrFN2. The van der Waals surface area contributed by atoms with E-state index in [1.54, 1.807) is 0 Å². The van der Waals surface area contributed by atoms with Crippen molar-refractivity contribution in [3.8, 4) is 0 Å². The molecule has 1 aromatic carbocycles. The molecule has 0 radical (unpaired) electrons. The molecule has 4 heteroatoms. The normalized spacial score (nSPS) is 12.4. The molecule has 0 fully saturated rings. The number of hydrogen-bond acceptors (Lipinski definition) is 2. The van der Waals surface area contributed by atoms with E-state index in [9.17, 15) is 4.39 Å². The molecule has 1 unspecified atom stereocenters. The lowest BCUT2D eigenvalue weighted by Gasteiger charge is -2.21. The predicted octanol–water partition coefficient (Wildman–Crippen LogP) is 4.49. The number of likely N-dealkylation sites (N-methyl/N-ethyl adjacent to an activating group) is 1. The molecule has 2 aromatic rings. The van der Waals surface area contributed by atoms with Crippen molar-refractivity contribution in [1.82, 2.24) is 10.3 Å². The Morgan fingerprint density at radius 3 is 2.62 bits per heavy atom. The molecule has 1 atom stereocenters. The highest BCUT2D eigenvalue weighted by Gasteiger charge is 2.16. The molecular weight excluding hydrogens is 331 g/mol. The average Bonchev–Trinajstić information content (AvgIpc) is 2.41. The van der Waals surface area contributed by atoms with Gasteiger partial charge >= 0.3 is 0 Å². The van der Waals surface area contributed by atoms with Gasteiger partial charge in [0.2, 0.25) is 0 Å². The number of pyridine rings is 1. The summed E-state index contributed by atoms with van der Waals surface area (Å²) < 4.78 is 14.0. The molecule has 0 saturated carbocycles. The van der Waals surface area contributed by atoms with E-state index in [1.807, 2.05) is 26.0 Å². The van der Waals surface area contributed by atoms with Crippen molar-refractivity contribution in [1.29, 1.82) is 0 Å². The quantitative estimate of drug-likeness (QED) is 0.858. The van der Waals surface area contributed by atoms with Crippen LogP contribution in [-0.4, -0.2) is 11.5 Å². The summed E-state index contributed by atoms with van der Waals surface area (Å²) in [6, 6.07) is 9.18. The number of nitrogens with zero attached hydrogens (tertiary/aromatic N) is 1. The van der Waals surface area contributed by atoms with E-state index >= 15 is 0 Å². The van der Waals surface area contributed by atoms with Gasteiger partial charge in [-0.2, -0.15) is 0 Å². The monoisotopic (exact) mass is 350 g/mol. The number of benzene rings is 1.